The molecule has 2 aromatic rings. The lowest BCUT2D eigenvalue weighted by Gasteiger charge is -2.19. The summed E-state index contributed by atoms with van der Waals surface area (Å²) in [4.78, 5) is 2.62. The molecule has 2 unspecified atom stereocenters. The topological polar surface area (TPSA) is 32.2 Å². The van der Waals surface area contributed by atoms with Crippen molar-refractivity contribution in [1.82, 2.24) is 20.3 Å². The molecule has 0 bridgehead atoms. The predicted molar refractivity (Wildman–Crippen MR) is 85.8 cm³/mol. The zero-order chi connectivity index (χ0) is 14.2. The minimum atomic E-state index is 0.669. The zero-order valence-electron chi connectivity index (χ0n) is 12.7. The first-order valence-corrected chi connectivity index (χ1v) is 8.05. The quantitative estimate of drug-likeness (QED) is 0.902. The van der Waals surface area contributed by atoms with Crippen molar-refractivity contribution in [1.29, 1.82) is 0 Å². The lowest BCUT2D eigenvalue weighted by molar-refractivity contribution is 0.298. The van der Waals surface area contributed by atoms with Gasteiger partial charge in [-0.25, -0.2) is 0 Å². The number of hydrogen-bond donors (Lipinski definition) is 2. The molecule has 2 atom stereocenters. The van der Waals surface area contributed by atoms with Gasteiger partial charge in [0.15, 0.2) is 0 Å². The summed E-state index contributed by atoms with van der Waals surface area (Å²) in [5, 5.41) is 1.41. The van der Waals surface area contributed by atoms with E-state index in [4.69, 9.17) is 0 Å². The van der Waals surface area contributed by atoms with E-state index in [0.29, 0.717) is 6.04 Å². The van der Waals surface area contributed by atoms with Crippen molar-refractivity contribution in [3.63, 3.8) is 0 Å². The molecule has 1 aromatic heterocycles. The maximum absolute atomic E-state index is 3.44. The molecule has 0 aliphatic carbocycles. The van der Waals surface area contributed by atoms with Crippen LogP contribution in [-0.4, -0.2) is 35.1 Å². The fraction of sp³-hybridized carbons (Fsp3) is 0.529. The van der Waals surface area contributed by atoms with Crippen molar-refractivity contribution in [3.8, 4) is 0 Å². The van der Waals surface area contributed by atoms with Gasteiger partial charge >= 0.3 is 0 Å². The summed E-state index contributed by atoms with van der Waals surface area (Å²) in [6.07, 6.45) is 4.89. The van der Waals surface area contributed by atoms with Crippen molar-refractivity contribution in [2.24, 2.45) is 13.0 Å². The SMILES string of the molecule is Cn1cc(CN2CCC(C3CCNN3)C2)c2ccccc21. The maximum Gasteiger partial charge on any atom is 0.0481 e. The normalized spacial score (nSPS) is 26.9. The number of rotatable bonds is 3. The summed E-state index contributed by atoms with van der Waals surface area (Å²) in [5.41, 5.74) is 9.51. The van der Waals surface area contributed by atoms with Gasteiger partial charge < -0.3 is 4.57 Å². The van der Waals surface area contributed by atoms with Crippen molar-refractivity contribution in [2.45, 2.75) is 25.4 Å². The number of aromatic nitrogens is 1. The van der Waals surface area contributed by atoms with E-state index < -0.39 is 0 Å². The predicted octanol–water partition coefficient (Wildman–Crippen LogP) is 1.87. The minimum absolute atomic E-state index is 0.669. The zero-order valence-corrected chi connectivity index (χ0v) is 12.7. The van der Waals surface area contributed by atoms with Crippen LogP contribution in [0, 0.1) is 5.92 Å². The average molecular weight is 284 g/mol. The van der Waals surface area contributed by atoms with Crippen LogP contribution in [-0.2, 0) is 13.6 Å². The molecule has 112 valence electrons. The van der Waals surface area contributed by atoms with Crippen LogP contribution in [0.2, 0.25) is 0 Å². The molecular formula is C17H24N4. The van der Waals surface area contributed by atoms with Crippen LogP contribution in [0.1, 0.15) is 18.4 Å². The van der Waals surface area contributed by atoms with E-state index in [-0.39, 0.29) is 0 Å². The highest BCUT2D eigenvalue weighted by Gasteiger charge is 2.31. The fourth-order valence-corrected chi connectivity index (χ4v) is 3.98. The Morgan fingerprint density at radius 3 is 3.00 bits per heavy atom. The fourth-order valence-electron chi connectivity index (χ4n) is 3.98. The lowest BCUT2D eigenvalue weighted by atomic mass is 9.98. The third-order valence-electron chi connectivity index (χ3n) is 5.12. The van der Waals surface area contributed by atoms with Crippen LogP contribution < -0.4 is 10.9 Å². The molecule has 2 aliphatic rings. The molecule has 4 heteroatoms. The molecule has 0 spiro atoms. The summed E-state index contributed by atoms with van der Waals surface area (Å²) in [6.45, 7) is 4.65. The Morgan fingerprint density at radius 1 is 1.24 bits per heavy atom. The number of aryl methyl sites for hydroxylation is 1. The van der Waals surface area contributed by atoms with Crippen molar-refractivity contribution in [2.75, 3.05) is 19.6 Å². The third kappa shape index (κ3) is 2.48. The summed E-state index contributed by atoms with van der Waals surface area (Å²) < 4.78 is 2.25. The first kappa shape index (κ1) is 13.3. The third-order valence-corrected chi connectivity index (χ3v) is 5.12. The summed E-state index contributed by atoms with van der Waals surface area (Å²) in [5.74, 6) is 0.801. The molecule has 4 nitrogen and oxygen atoms in total. The largest absolute Gasteiger partial charge is 0.350 e. The number of fused-ring (bicyclic) bond motifs is 1. The smallest absolute Gasteiger partial charge is 0.0481 e. The van der Waals surface area contributed by atoms with Gasteiger partial charge in [-0.1, -0.05) is 18.2 Å². The molecule has 0 amide bonds. The molecule has 2 fully saturated rings. The van der Waals surface area contributed by atoms with Gasteiger partial charge in [-0.3, -0.25) is 15.8 Å². The number of para-hydroxylation sites is 1. The molecule has 3 heterocycles. The van der Waals surface area contributed by atoms with E-state index in [2.05, 4.69) is 57.8 Å². The van der Waals surface area contributed by atoms with Crippen LogP contribution in [0.4, 0.5) is 0 Å². The van der Waals surface area contributed by atoms with Gasteiger partial charge in [-0.15, -0.1) is 0 Å². The molecule has 0 radical (unpaired) electrons. The van der Waals surface area contributed by atoms with E-state index in [1.165, 1.54) is 42.4 Å². The van der Waals surface area contributed by atoms with Gasteiger partial charge in [-0.2, -0.15) is 0 Å². The highest BCUT2D eigenvalue weighted by atomic mass is 15.4. The van der Waals surface area contributed by atoms with Gasteiger partial charge in [-0.05, 0) is 36.9 Å². The molecule has 2 saturated heterocycles. The van der Waals surface area contributed by atoms with Crippen LogP contribution >= 0.6 is 0 Å². The van der Waals surface area contributed by atoms with Gasteiger partial charge in [0.1, 0.15) is 0 Å². The second kappa shape index (κ2) is 5.44. The first-order valence-electron chi connectivity index (χ1n) is 8.05. The van der Waals surface area contributed by atoms with Crippen LogP contribution in [0.5, 0.6) is 0 Å². The molecule has 2 N–H and O–H groups in total. The average Bonchev–Trinajstić information content (AvgIpc) is 3.21. The first-order chi connectivity index (χ1) is 10.3. The number of nitrogens with zero attached hydrogens (tertiary/aromatic N) is 2. The van der Waals surface area contributed by atoms with E-state index in [1.807, 2.05) is 0 Å². The Kier molecular flexibility index (Phi) is 3.45. The molecule has 21 heavy (non-hydrogen) atoms. The molecular weight excluding hydrogens is 260 g/mol. The van der Waals surface area contributed by atoms with Gasteiger partial charge in [0.25, 0.3) is 0 Å². The van der Waals surface area contributed by atoms with E-state index in [9.17, 15) is 0 Å². The minimum Gasteiger partial charge on any atom is -0.350 e. The second-order valence-corrected chi connectivity index (χ2v) is 6.53. The molecule has 1 aromatic carbocycles. The van der Waals surface area contributed by atoms with Crippen LogP contribution in [0.15, 0.2) is 30.5 Å². The highest BCUT2D eigenvalue weighted by molar-refractivity contribution is 5.83. The summed E-state index contributed by atoms with van der Waals surface area (Å²) >= 11 is 0. The maximum atomic E-state index is 3.44. The number of benzene rings is 1. The van der Waals surface area contributed by atoms with E-state index in [1.54, 1.807) is 0 Å². The molecule has 0 saturated carbocycles. The van der Waals surface area contributed by atoms with Crippen molar-refractivity contribution in [3.05, 3.63) is 36.0 Å². The highest BCUT2D eigenvalue weighted by Crippen LogP contribution is 2.27. The Balaban J connectivity index is 1.48. The summed E-state index contributed by atoms with van der Waals surface area (Å²) in [7, 11) is 2.15. The number of hydrogen-bond acceptors (Lipinski definition) is 3. The Morgan fingerprint density at radius 2 is 2.14 bits per heavy atom. The van der Waals surface area contributed by atoms with Gasteiger partial charge in [0.2, 0.25) is 0 Å². The molecule has 4 rings (SSSR count). The Bertz CT molecular complexity index is 627. The number of likely N-dealkylation sites (tertiary alicyclic amines) is 1. The lowest BCUT2D eigenvalue weighted by Crippen LogP contribution is -2.36. The van der Waals surface area contributed by atoms with E-state index >= 15 is 0 Å². The van der Waals surface area contributed by atoms with Crippen LogP contribution in [0.25, 0.3) is 10.9 Å². The Hall–Kier alpha value is -1.36. The van der Waals surface area contributed by atoms with Crippen LogP contribution in [0.3, 0.4) is 0 Å². The van der Waals surface area contributed by atoms with Gasteiger partial charge in [0.05, 0.1) is 0 Å². The number of hydrazine groups is 1. The van der Waals surface area contributed by atoms with Gasteiger partial charge in [0, 0.05) is 49.8 Å². The van der Waals surface area contributed by atoms with E-state index in [0.717, 1.165) is 19.0 Å². The number of nitrogens with one attached hydrogen (secondary N) is 2. The standard InChI is InChI=1S/C17H24N4/c1-20-10-14(15-4-2-3-5-17(15)20)12-21-9-7-13(11-21)16-6-8-18-19-16/h2-5,10,13,16,18-19H,6-9,11-12H2,1H3. The molecule has 2 aliphatic heterocycles. The Labute approximate surface area is 126 Å². The second-order valence-electron chi connectivity index (χ2n) is 6.53. The summed E-state index contributed by atoms with van der Waals surface area (Å²) in [6, 6.07) is 9.40. The van der Waals surface area contributed by atoms with Crippen molar-refractivity contribution >= 4 is 10.9 Å². The van der Waals surface area contributed by atoms with Crippen molar-refractivity contribution < 1.29 is 0 Å². The monoisotopic (exact) mass is 284 g/mol.